The van der Waals surface area contributed by atoms with Crippen LogP contribution in [0.1, 0.15) is 69.2 Å². The first-order valence-corrected chi connectivity index (χ1v) is 14.8. The van der Waals surface area contributed by atoms with Crippen molar-refractivity contribution in [1.82, 2.24) is 30.1 Å². The van der Waals surface area contributed by atoms with Gasteiger partial charge in [-0.2, -0.15) is 5.21 Å². The molecule has 1 saturated carbocycles. The largest absolute Gasteiger partial charge is 0.496 e. The van der Waals surface area contributed by atoms with Gasteiger partial charge in [-0.05, 0) is 87.8 Å². The van der Waals surface area contributed by atoms with E-state index < -0.39 is 5.60 Å². The van der Waals surface area contributed by atoms with E-state index in [-0.39, 0.29) is 18.2 Å². The molecule has 10 nitrogen and oxygen atoms in total. The fraction of sp³-hybridized carbons (Fsp3) is 0.500. The van der Waals surface area contributed by atoms with Gasteiger partial charge in [0, 0.05) is 48.4 Å². The fourth-order valence-corrected chi connectivity index (χ4v) is 5.94. The number of aromatic nitrogens is 5. The van der Waals surface area contributed by atoms with E-state index in [0.29, 0.717) is 12.4 Å². The van der Waals surface area contributed by atoms with E-state index in [1.807, 2.05) is 39.8 Å². The lowest BCUT2D eigenvalue weighted by Crippen LogP contribution is -2.39. The summed E-state index contributed by atoms with van der Waals surface area (Å²) in [6.45, 7) is 10.1. The monoisotopic (exact) mass is 572 g/mol. The van der Waals surface area contributed by atoms with Gasteiger partial charge in [0.2, 0.25) is 5.82 Å². The van der Waals surface area contributed by atoms with E-state index in [2.05, 4.69) is 49.8 Å². The molecule has 1 aliphatic heterocycles. The minimum absolute atomic E-state index is 0.149. The lowest BCUT2D eigenvalue weighted by Gasteiger charge is -2.40. The van der Waals surface area contributed by atoms with Gasteiger partial charge in [-0.1, -0.05) is 24.3 Å². The van der Waals surface area contributed by atoms with Crippen molar-refractivity contribution in [1.29, 1.82) is 0 Å². The van der Waals surface area contributed by atoms with Gasteiger partial charge in [-0.25, -0.2) is 4.79 Å². The number of likely N-dealkylation sites (tertiary alicyclic amines) is 1. The third-order valence-electron chi connectivity index (χ3n) is 8.23. The second kappa shape index (κ2) is 11.5. The quantitative estimate of drug-likeness (QED) is 0.272. The van der Waals surface area contributed by atoms with E-state index in [1.54, 1.807) is 17.9 Å². The first-order valence-electron chi connectivity index (χ1n) is 14.8. The van der Waals surface area contributed by atoms with Crippen LogP contribution >= 0.6 is 0 Å². The van der Waals surface area contributed by atoms with E-state index >= 15 is 0 Å². The summed E-state index contributed by atoms with van der Waals surface area (Å²) >= 11 is 0. The highest BCUT2D eigenvalue weighted by Crippen LogP contribution is 2.39. The van der Waals surface area contributed by atoms with E-state index in [9.17, 15) is 4.79 Å². The Labute approximate surface area is 246 Å². The number of nitrogens with one attached hydrogen (secondary N) is 1. The molecule has 2 fully saturated rings. The maximum Gasteiger partial charge on any atom is 0.419 e. The van der Waals surface area contributed by atoms with Gasteiger partial charge in [-0.15, -0.1) is 10.2 Å². The topological polar surface area (TPSA) is 107 Å². The van der Waals surface area contributed by atoms with Gasteiger partial charge in [0.1, 0.15) is 11.4 Å². The highest BCUT2D eigenvalue weighted by molar-refractivity contribution is 5.95. The molecule has 2 aromatic carbocycles. The number of aromatic amines is 1. The summed E-state index contributed by atoms with van der Waals surface area (Å²) in [4.78, 5) is 15.6. The average Bonchev–Trinajstić information content (AvgIpc) is 3.42. The normalized spacial score (nSPS) is 19.7. The minimum Gasteiger partial charge on any atom is -0.496 e. The van der Waals surface area contributed by atoms with Crippen molar-refractivity contribution < 1.29 is 19.0 Å². The average molecular weight is 573 g/mol. The van der Waals surface area contributed by atoms with Crippen molar-refractivity contribution >= 4 is 17.0 Å². The Morgan fingerprint density at radius 1 is 1.12 bits per heavy atom. The summed E-state index contributed by atoms with van der Waals surface area (Å²) < 4.78 is 19.6. The second-order valence-corrected chi connectivity index (χ2v) is 12.6. The van der Waals surface area contributed by atoms with Crippen LogP contribution in [-0.4, -0.2) is 68.2 Å². The molecule has 0 spiro atoms. The molecule has 42 heavy (non-hydrogen) atoms. The van der Waals surface area contributed by atoms with Crippen LogP contribution in [0.4, 0.5) is 4.79 Å². The number of benzene rings is 2. The first kappa shape index (κ1) is 28.4. The van der Waals surface area contributed by atoms with Crippen molar-refractivity contribution in [3.05, 3.63) is 59.3 Å². The smallest absolute Gasteiger partial charge is 0.419 e. The molecule has 0 radical (unpaired) electrons. The Morgan fingerprint density at radius 3 is 2.57 bits per heavy atom. The predicted octanol–water partition coefficient (Wildman–Crippen LogP) is 6.05. The summed E-state index contributed by atoms with van der Waals surface area (Å²) in [5.41, 5.74) is 4.42. The Morgan fingerprint density at radius 2 is 1.90 bits per heavy atom. The van der Waals surface area contributed by atoms with Crippen LogP contribution in [0.5, 0.6) is 5.75 Å². The zero-order valence-corrected chi connectivity index (χ0v) is 25.1. The van der Waals surface area contributed by atoms with E-state index in [0.717, 1.165) is 65.3 Å². The number of carbonyl (C=O) groups excluding carboxylic acids is 1. The van der Waals surface area contributed by atoms with Crippen molar-refractivity contribution in [2.24, 2.45) is 5.92 Å². The first-order chi connectivity index (χ1) is 20.2. The van der Waals surface area contributed by atoms with Crippen LogP contribution < -0.4 is 4.74 Å². The number of aryl methyl sites for hydroxylation is 1. The lowest BCUT2D eigenvalue weighted by molar-refractivity contribution is -0.0229. The number of fused-ring (bicyclic) bond motifs is 1. The van der Waals surface area contributed by atoms with Gasteiger partial charge in [0.15, 0.2) is 0 Å². The highest BCUT2D eigenvalue weighted by atomic mass is 16.6. The minimum atomic E-state index is -0.588. The van der Waals surface area contributed by atoms with Crippen LogP contribution in [0.3, 0.4) is 0 Å². The molecule has 2 aromatic heterocycles. The lowest BCUT2D eigenvalue weighted by atomic mass is 9.91. The van der Waals surface area contributed by atoms with Gasteiger partial charge in [-0.3, -0.25) is 9.47 Å². The number of tetrazole rings is 1. The number of nitrogens with zero attached hydrogens (tertiary/aromatic N) is 5. The molecule has 4 aromatic rings. The van der Waals surface area contributed by atoms with Crippen molar-refractivity contribution in [2.75, 3.05) is 20.3 Å². The van der Waals surface area contributed by atoms with E-state index in [1.165, 1.54) is 18.4 Å². The van der Waals surface area contributed by atoms with Crippen LogP contribution in [-0.2, 0) is 16.0 Å². The molecule has 3 heterocycles. The molecule has 6 rings (SSSR count). The summed E-state index contributed by atoms with van der Waals surface area (Å²) in [6, 6.07) is 12.6. The van der Waals surface area contributed by atoms with Crippen LogP contribution in [0, 0.1) is 12.8 Å². The molecule has 2 aliphatic rings. The molecular formula is C32H40N6O4. The van der Waals surface area contributed by atoms with Crippen LogP contribution in [0.15, 0.2) is 42.6 Å². The maximum atomic E-state index is 13.1. The molecule has 1 N–H and O–H groups in total. The molecule has 2 atom stereocenters. The predicted molar refractivity (Wildman–Crippen MR) is 159 cm³/mol. The van der Waals surface area contributed by atoms with E-state index in [4.69, 9.17) is 14.2 Å². The summed E-state index contributed by atoms with van der Waals surface area (Å²) in [5, 5.41) is 15.5. The standard InChI is InChI=1S/C32H40N6O4/c1-20-16-28(40-5)26(25-13-15-38(29(20)25)31(39)42-32(2,3)4)18-37-14-12-24(41-19-21-6-7-21)17-27(37)22-8-10-23(11-9-22)30-33-35-36-34-30/h8-11,13,15-16,21,24,27H,6-7,12,14,17-19H2,1-5H3,(H,33,34,35,36)/t24-,27-/m0/s1. The molecular weight excluding hydrogens is 532 g/mol. The fourth-order valence-electron chi connectivity index (χ4n) is 5.94. The number of hydrogen-bond acceptors (Lipinski definition) is 8. The SMILES string of the molecule is COc1cc(C)c2c(ccn2C(=O)OC(C)(C)C)c1CN1CC[C@H](OCC2CC2)C[C@H]1c1ccc(-c2nn[nH]n2)cc1. The maximum absolute atomic E-state index is 13.1. The summed E-state index contributed by atoms with van der Waals surface area (Å²) in [6.07, 6.45) is 6.09. The molecule has 0 amide bonds. The number of methoxy groups -OCH3 is 1. The number of H-pyrrole nitrogens is 1. The second-order valence-electron chi connectivity index (χ2n) is 12.6. The number of ether oxygens (including phenoxy) is 3. The molecule has 10 heteroatoms. The summed E-state index contributed by atoms with van der Waals surface area (Å²) in [5.74, 6) is 2.13. The van der Waals surface area contributed by atoms with Gasteiger partial charge >= 0.3 is 6.09 Å². The molecule has 222 valence electrons. The molecule has 1 aliphatic carbocycles. The van der Waals surface area contributed by atoms with Crippen molar-refractivity contribution in [3.8, 4) is 17.1 Å². The van der Waals surface area contributed by atoms with Crippen LogP contribution in [0.25, 0.3) is 22.3 Å². The zero-order chi connectivity index (χ0) is 29.4. The number of carbonyl (C=O) groups is 1. The summed E-state index contributed by atoms with van der Waals surface area (Å²) in [7, 11) is 1.71. The molecule has 0 unspecified atom stereocenters. The van der Waals surface area contributed by atoms with Crippen LogP contribution in [0.2, 0.25) is 0 Å². The Hall–Kier alpha value is -3.76. The van der Waals surface area contributed by atoms with Gasteiger partial charge in [0.05, 0.1) is 18.7 Å². The number of hydrogen-bond donors (Lipinski definition) is 1. The molecule has 1 saturated heterocycles. The number of rotatable bonds is 8. The third kappa shape index (κ3) is 6.05. The van der Waals surface area contributed by atoms with Gasteiger partial charge in [0.25, 0.3) is 0 Å². The van der Waals surface area contributed by atoms with Crippen molar-refractivity contribution in [3.63, 3.8) is 0 Å². The molecule has 0 bridgehead atoms. The van der Waals surface area contributed by atoms with Gasteiger partial charge < -0.3 is 14.2 Å². The Kier molecular flexibility index (Phi) is 7.76. The van der Waals surface area contributed by atoms with Crippen molar-refractivity contribution in [2.45, 2.75) is 77.7 Å². The third-order valence-corrected chi connectivity index (χ3v) is 8.23. The number of piperidine rings is 1. The Balaban J connectivity index is 1.32. The highest BCUT2D eigenvalue weighted by Gasteiger charge is 2.33. The Bertz CT molecular complexity index is 1540. The zero-order valence-electron chi connectivity index (χ0n) is 25.1.